The molecule has 0 spiro atoms. The van der Waals surface area contributed by atoms with Crippen molar-refractivity contribution in [2.75, 3.05) is 4.90 Å². The van der Waals surface area contributed by atoms with Crippen LogP contribution in [0.3, 0.4) is 0 Å². The number of benzene rings is 9. The summed E-state index contributed by atoms with van der Waals surface area (Å²) in [6.45, 7) is 0.585. The van der Waals surface area contributed by atoms with E-state index in [2.05, 4.69) is 193 Å². The maximum atomic E-state index is 2.72. The lowest BCUT2D eigenvalue weighted by atomic mass is 9.23. The molecule has 0 saturated heterocycles. The molecular weight excluding hydrogens is 754 g/mol. The van der Waals surface area contributed by atoms with Gasteiger partial charge in [0.1, 0.15) is 0 Å². The number of para-hydroxylation sites is 2. The van der Waals surface area contributed by atoms with Crippen LogP contribution >= 0.6 is 0 Å². The van der Waals surface area contributed by atoms with Crippen molar-refractivity contribution in [3.05, 3.63) is 233 Å². The third-order valence-corrected chi connectivity index (χ3v) is 16.0. The highest BCUT2D eigenvalue weighted by atomic mass is 15.2. The fourth-order valence-corrected chi connectivity index (χ4v) is 13.7. The van der Waals surface area contributed by atoms with E-state index < -0.39 is 0 Å². The maximum absolute atomic E-state index is 2.72. The van der Waals surface area contributed by atoms with Crippen LogP contribution in [0.25, 0.3) is 0 Å². The summed E-state index contributed by atoms with van der Waals surface area (Å²) in [5.74, 6) is 0. The fraction of sp³-hybridized carbons (Fsp3) is 0.0690. The lowest BCUT2D eigenvalue weighted by molar-refractivity contribution is 1.12. The van der Waals surface area contributed by atoms with Gasteiger partial charge in [-0.2, -0.15) is 0 Å². The van der Waals surface area contributed by atoms with Crippen molar-refractivity contribution in [1.29, 1.82) is 0 Å². The molecule has 0 fully saturated rings. The summed E-state index contributed by atoms with van der Waals surface area (Å²) in [7, 11) is 0. The standard InChI is InChI=1S/C58H39B4N/c1-3-20-42(21-4-1)59-48-26-11-13-28-52(48)63-53-29-14-12-27-49(53)60(43-22-5-2-6-23-43)57-45-34-41-32-40-31-39-19-15-18-38-30-36-16-7-9-24-46(36)61(54(38)39)50(40)35-51(41)62-47-25-10-8-17-37(47)33-44(55(45)62)56(59)58(57)63/h1-29,32,35H,30-31,33-34H2. The monoisotopic (exact) mass is 793 g/mol. The van der Waals surface area contributed by atoms with E-state index in [0.717, 1.165) is 25.7 Å². The van der Waals surface area contributed by atoms with Gasteiger partial charge in [-0.15, -0.1) is 0 Å². The highest BCUT2D eigenvalue weighted by Crippen LogP contribution is 2.40. The molecule has 15 rings (SSSR count). The molecule has 6 heterocycles. The molecule has 0 unspecified atom stereocenters. The van der Waals surface area contributed by atoms with Gasteiger partial charge in [0.05, 0.1) is 0 Å². The van der Waals surface area contributed by atoms with Crippen LogP contribution in [0.2, 0.25) is 0 Å². The Morgan fingerprint density at radius 2 is 0.714 bits per heavy atom. The zero-order valence-corrected chi connectivity index (χ0v) is 35.0. The molecule has 0 aromatic heterocycles. The van der Waals surface area contributed by atoms with Crippen LogP contribution in [-0.2, 0) is 25.7 Å². The predicted molar refractivity (Wildman–Crippen MR) is 270 cm³/mol. The Hall–Kier alpha value is -6.96. The smallest absolute Gasteiger partial charge is 0.246 e. The van der Waals surface area contributed by atoms with Gasteiger partial charge in [-0.3, -0.25) is 0 Å². The molecule has 288 valence electrons. The molecule has 0 bridgehead atoms. The number of nitrogens with zero attached hydrogens (tertiary/aromatic N) is 1. The quantitative estimate of drug-likeness (QED) is 0.243. The van der Waals surface area contributed by atoms with Crippen LogP contribution in [0.1, 0.15) is 44.5 Å². The first-order valence-electron chi connectivity index (χ1n) is 23.0. The van der Waals surface area contributed by atoms with Gasteiger partial charge in [0.25, 0.3) is 0 Å². The first-order chi connectivity index (χ1) is 31.3. The Bertz CT molecular complexity index is 3440. The van der Waals surface area contributed by atoms with Crippen LogP contribution in [0.15, 0.2) is 188 Å². The molecule has 0 N–H and O–H groups in total. The maximum Gasteiger partial charge on any atom is 0.246 e. The average molecular weight is 793 g/mol. The minimum atomic E-state index is 0.0930. The van der Waals surface area contributed by atoms with E-state index in [4.69, 9.17) is 0 Å². The van der Waals surface area contributed by atoms with Crippen LogP contribution < -0.4 is 70.5 Å². The third kappa shape index (κ3) is 4.62. The Kier molecular flexibility index (Phi) is 7.03. The summed E-state index contributed by atoms with van der Waals surface area (Å²) >= 11 is 0. The minimum Gasteiger partial charge on any atom is -0.313 e. The number of hydrogen-bond acceptors (Lipinski definition) is 1. The topological polar surface area (TPSA) is 3.24 Å². The average Bonchev–Trinajstić information content (AvgIpc) is 3.34. The Balaban J connectivity index is 1.08. The predicted octanol–water partition coefficient (Wildman–Crippen LogP) is 3.46. The highest BCUT2D eigenvalue weighted by Gasteiger charge is 2.50. The third-order valence-electron chi connectivity index (χ3n) is 16.0. The van der Waals surface area contributed by atoms with Gasteiger partial charge < -0.3 is 4.90 Å². The number of rotatable bonds is 2. The van der Waals surface area contributed by atoms with Gasteiger partial charge in [0.2, 0.25) is 26.9 Å². The Labute approximate surface area is 370 Å². The van der Waals surface area contributed by atoms with Crippen LogP contribution in [0, 0.1) is 0 Å². The van der Waals surface area contributed by atoms with E-state index in [1.165, 1.54) is 105 Å². The molecule has 0 radical (unpaired) electrons. The second kappa shape index (κ2) is 12.8. The van der Waals surface area contributed by atoms with Crippen molar-refractivity contribution in [1.82, 2.24) is 0 Å². The summed E-state index contributed by atoms with van der Waals surface area (Å²) in [6.07, 6.45) is 3.87. The van der Waals surface area contributed by atoms with Crippen molar-refractivity contribution < 1.29 is 0 Å². The molecule has 5 heteroatoms. The van der Waals surface area contributed by atoms with Gasteiger partial charge in [0.15, 0.2) is 0 Å². The van der Waals surface area contributed by atoms with Crippen molar-refractivity contribution in [2.24, 2.45) is 0 Å². The zero-order valence-electron chi connectivity index (χ0n) is 35.0. The van der Waals surface area contributed by atoms with Crippen LogP contribution in [0.4, 0.5) is 17.1 Å². The largest absolute Gasteiger partial charge is 0.313 e. The van der Waals surface area contributed by atoms with Crippen molar-refractivity contribution in [3.8, 4) is 0 Å². The molecule has 0 saturated carbocycles. The SMILES string of the molecule is c1ccc(B2c3ccccc3N3c4ccccc4B(c4ccccc4)c4c5c6c(c2c43)Cc2ccccc2B6c2cc3c(cc2C5)Cc2cccc4c2B3c2ccccc2C4)cc1. The van der Waals surface area contributed by atoms with E-state index in [1.54, 1.807) is 22.1 Å². The minimum absolute atomic E-state index is 0.0930. The van der Waals surface area contributed by atoms with Crippen molar-refractivity contribution >= 4 is 109 Å². The number of hydrogen-bond donors (Lipinski definition) is 0. The van der Waals surface area contributed by atoms with Crippen LogP contribution in [0.5, 0.6) is 0 Å². The highest BCUT2D eigenvalue weighted by molar-refractivity contribution is 7.05. The molecule has 9 aromatic carbocycles. The van der Waals surface area contributed by atoms with Gasteiger partial charge >= 0.3 is 0 Å². The van der Waals surface area contributed by atoms with E-state index in [-0.39, 0.29) is 26.9 Å². The van der Waals surface area contributed by atoms with Crippen molar-refractivity contribution in [2.45, 2.75) is 25.7 Å². The number of anilines is 3. The fourth-order valence-electron chi connectivity index (χ4n) is 13.7. The van der Waals surface area contributed by atoms with Gasteiger partial charge in [-0.05, 0) is 93.0 Å². The normalized spacial score (nSPS) is 14.9. The zero-order chi connectivity index (χ0) is 40.9. The molecule has 63 heavy (non-hydrogen) atoms. The Morgan fingerprint density at radius 3 is 1.30 bits per heavy atom. The summed E-state index contributed by atoms with van der Waals surface area (Å²) in [5, 5.41) is 0. The first kappa shape index (κ1) is 34.6. The van der Waals surface area contributed by atoms with E-state index in [9.17, 15) is 0 Å². The lowest BCUT2D eigenvalue weighted by Gasteiger charge is -2.48. The van der Waals surface area contributed by atoms with E-state index in [1.807, 2.05) is 0 Å². The number of fused-ring (bicyclic) bond motifs is 14. The van der Waals surface area contributed by atoms with Gasteiger partial charge in [-0.25, -0.2) is 0 Å². The summed E-state index contributed by atoms with van der Waals surface area (Å²) in [4.78, 5) is 2.69. The first-order valence-corrected chi connectivity index (χ1v) is 23.0. The van der Waals surface area contributed by atoms with E-state index in [0.29, 0.717) is 0 Å². The van der Waals surface area contributed by atoms with Gasteiger partial charge in [-0.1, -0.05) is 231 Å². The summed E-state index contributed by atoms with van der Waals surface area (Å²) in [6, 6.07) is 72.8. The lowest BCUT2D eigenvalue weighted by Crippen LogP contribution is -2.72. The van der Waals surface area contributed by atoms with Crippen LogP contribution in [-0.4, -0.2) is 26.9 Å². The molecule has 9 aromatic rings. The van der Waals surface area contributed by atoms with Gasteiger partial charge in [0, 0.05) is 17.1 Å². The van der Waals surface area contributed by atoms with Crippen molar-refractivity contribution in [3.63, 3.8) is 0 Å². The molecule has 0 atom stereocenters. The molecule has 6 aliphatic heterocycles. The van der Waals surface area contributed by atoms with E-state index >= 15 is 0 Å². The summed E-state index contributed by atoms with van der Waals surface area (Å²) in [5.41, 5.74) is 33.8. The molecular formula is C58H39B4N. The molecule has 6 aliphatic rings. The second-order valence-corrected chi connectivity index (χ2v) is 18.9. The second-order valence-electron chi connectivity index (χ2n) is 18.9. The molecule has 0 amide bonds. The molecule has 0 aliphatic carbocycles. The Morgan fingerprint density at radius 1 is 0.286 bits per heavy atom. The summed E-state index contributed by atoms with van der Waals surface area (Å²) < 4.78 is 0. The molecule has 1 nitrogen and oxygen atoms in total.